The van der Waals surface area contributed by atoms with Crippen molar-refractivity contribution in [2.75, 3.05) is 6.54 Å². The molecule has 0 spiro atoms. The van der Waals surface area contributed by atoms with Crippen molar-refractivity contribution in [3.8, 4) is 5.75 Å². The van der Waals surface area contributed by atoms with Crippen molar-refractivity contribution in [1.82, 2.24) is 19.7 Å². The van der Waals surface area contributed by atoms with Gasteiger partial charge in [-0.3, -0.25) is 4.90 Å². The molecule has 1 unspecified atom stereocenters. The van der Waals surface area contributed by atoms with Crippen molar-refractivity contribution < 1.29 is 5.11 Å². The van der Waals surface area contributed by atoms with E-state index in [0.717, 1.165) is 36.6 Å². The molecule has 1 aliphatic rings. The SMILES string of the molecule is Cc1ccc(C(C)N2CCn3cnnc3C2)c(O)c1. The van der Waals surface area contributed by atoms with Gasteiger partial charge < -0.3 is 9.67 Å². The molecule has 1 aromatic carbocycles. The first kappa shape index (κ1) is 12.2. The smallest absolute Gasteiger partial charge is 0.147 e. The molecule has 0 bridgehead atoms. The van der Waals surface area contributed by atoms with E-state index in [9.17, 15) is 5.11 Å². The summed E-state index contributed by atoms with van der Waals surface area (Å²) < 4.78 is 2.08. The van der Waals surface area contributed by atoms with E-state index in [4.69, 9.17) is 0 Å². The van der Waals surface area contributed by atoms with Gasteiger partial charge in [0.15, 0.2) is 0 Å². The first-order valence-electron chi connectivity index (χ1n) is 6.55. The first-order valence-corrected chi connectivity index (χ1v) is 6.55. The topological polar surface area (TPSA) is 54.2 Å². The highest BCUT2D eigenvalue weighted by molar-refractivity contribution is 5.37. The summed E-state index contributed by atoms with van der Waals surface area (Å²) in [6.45, 7) is 6.72. The van der Waals surface area contributed by atoms with Crippen molar-refractivity contribution >= 4 is 0 Å². The molecule has 0 radical (unpaired) electrons. The van der Waals surface area contributed by atoms with Gasteiger partial charge in [-0.05, 0) is 25.5 Å². The fourth-order valence-corrected chi connectivity index (χ4v) is 2.62. The second kappa shape index (κ2) is 4.66. The lowest BCUT2D eigenvalue weighted by molar-refractivity contribution is 0.161. The van der Waals surface area contributed by atoms with E-state index in [1.54, 1.807) is 6.33 Å². The number of nitrogens with zero attached hydrogens (tertiary/aromatic N) is 4. The number of phenols is 1. The Hall–Kier alpha value is -1.88. The van der Waals surface area contributed by atoms with Crippen LogP contribution >= 0.6 is 0 Å². The predicted octanol–water partition coefficient (Wildman–Crippen LogP) is 1.87. The van der Waals surface area contributed by atoms with Crippen LogP contribution in [0.2, 0.25) is 0 Å². The summed E-state index contributed by atoms with van der Waals surface area (Å²) in [7, 11) is 0. The third-order valence-corrected chi connectivity index (χ3v) is 3.85. The summed E-state index contributed by atoms with van der Waals surface area (Å²) in [5.74, 6) is 1.37. The van der Waals surface area contributed by atoms with Gasteiger partial charge in [-0.15, -0.1) is 10.2 Å². The number of hydrogen-bond donors (Lipinski definition) is 1. The Morgan fingerprint density at radius 1 is 1.32 bits per heavy atom. The van der Waals surface area contributed by atoms with Gasteiger partial charge >= 0.3 is 0 Å². The highest BCUT2D eigenvalue weighted by atomic mass is 16.3. The van der Waals surface area contributed by atoms with Crippen LogP contribution < -0.4 is 0 Å². The van der Waals surface area contributed by atoms with E-state index in [-0.39, 0.29) is 6.04 Å². The molecular weight excluding hydrogens is 240 g/mol. The summed E-state index contributed by atoms with van der Waals surface area (Å²) in [5.41, 5.74) is 2.05. The lowest BCUT2D eigenvalue weighted by Crippen LogP contribution is -2.35. The molecule has 100 valence electrons. The first-order chi connectivity index (χ1) is 9.15. The molecule has 2 heterocycles. The number of aromatic hydroxyl groups is 1. The van der Waals surface area contributed by atoms with E-state index in [1.165, 1.54) is 0 Å². The van der Waals surface area contributed by atoms with Crippen LogP contribution in [0.25, 0.3) is 0 Å². The Kier molecular flexibility index (Phi) is 2.98. The molecule has 0 amide bonds. The third kappa shape index (κ3) is 2.21. The number of aryl methyl sites for hydroxylation is 1. The molecule has 1 atom stereocenters. The Labute approximate surface area is 112 Å². The number of benzene rings is 1. The maximum atomic E-state index is 10.1. The minimum Gasteiger partial charge on any atom is -0.508 e. The Balaban J connectivity index is 1.83. The summed E-state index contributed by atoms with van der Waals surface area (Å²) in [6, 6.07) is 6.04. The monoisotopic (exact) mass is 258 g/mol. The fourth-order valence-electron chi connectivity index (χ4n) is 2.62. The van der Waals surface area contributed by atoms with Crippen molar-refractivity contribution in [1.29, 1.82) is 0 Å². The number of aromatic nitrogens is 3. The largest absolute Gasteiger partial charge is 0.508 e. The molecular formula is C14H18N4O. The summed E-state index contributed by atoms with van der Waals surface area (Å²) in [6.07, 6.45) is 1.78. The van der Waals surface area contributed by atoms with Gasteiger partial charge in [0.1, 0.15) is 17.9 Å². The van der Waals surface area contributed by atoms with Crippen molar-refractivity contribution in [3.63, 3.8) is 0 Å². The van der Waals surface area contributed by atoms with Gasteiger partial charge in [0, 0.05) is 24.7 Å². The molecule has 1 aliphatic heterocycles. The predicted molar refractivity (Wildman–Crippen MR) is 71.7 cm³/mol. The van der Waals surface area contributed by atoms with Crippen molar-refractivity contribution in [2.24, 2.45) is 0 Å². The Morgan fingerprint density at radius 2 is 2.16 bits per heavy atom. The van der Waals surface area contributed by atoms with Gasteiger partial charge in [0.2, 0.25) is 0 Å². The van der Waals surface area contributed by atoms with Gasteiger partial charge in [-0.2, -0.15) is 0 Å². The van der Waals surface area contributed by atoms with Crippen LogP contribution in [0.5, 0.6) is 5.75 Å². The lowest BCUT2D eigenvalue weighted by atomic mass is 10.0. The number of hydrogen-bond acceptors (Lipinski definition) is 4. The average molecular weight is 258 g/mol. The highest BCUT2D eigenvalue weighted by Gasteiger charge is 2.24. The summed E-state index contributed by atoms with van der Waals surface area (Å²) >= 11 is 0. The van der Waals surface area contributed by atoms with E-state index >= 15 is 0 Å². The van der Waals surface area contributed by atoms with Gasteiger partial charge in [-0.25, -0.2) is 0 Å². The zero-order valence-electron chi connectivity index (χ0n) is 11.2. The lowest BCUT2D eigenvalue weighted by Gasteiger charge is -2.32. The van der Waals surface area contributed by atoms with E-state index in [0.29, 0.717) is 5.75 Å². The fraction of sp³-hybridized carbons (Fsp3) is 0.429. The van der Waals surface area contributed by atoms with Gasteiger partial charge in [-0.1, -0.05) is 12.1 Å². The zero-order chi connectivity index (χ0) is 13.4. The molecule has 5 heteroatoms. The van der Waals surface area contributed by atoms with Crippen molar-refractivity contribution in [2.45, 2.75) is 33.0 Å². The van der Waals surface area contributed by atoms with Crippen LogP contribution in [0.1, 0.15) is 29.9 Å². The molecule has 3 rings (SSSR count). The Bertz CT molecular complexity index is 593. The Morgan fingerprint density at radius 3 is 2.95 bits per heavy atom. The molecule has 0 saturated carbocycles. The number of phenolic OH excluding ortho intramolecular Hbond substituents is 1. The second-order valence-corrected chi connectivity index (χ2v) is 5.15. The summed E-state index contributed by atoms with van der Waals surface area (Å²) in [5, 5.41) is 18.2. The number of fused-ring (bicyclic) bond motifs is 1. The minimum atomic E-state index is 0.172. The van der Waals surface area contributed by atoms with E-state index in [2.05, 4.69) is 26.6 Å². The highest BCUT2D eigenvalue weighted by Crippen LogP contribution is 2.30. The zero-order valence-corrected chi connectivity index (χ0v) is 11.2. The third-order valence-electron chi connectivity index (χ3n) is 3.85. The second-order valence-electron chi connectivity index (χ2n) is 5.15. The molecule has 0 saturated heterocycles. The van der Waals surface area contributed by atoms with Crippen LogP contribution in [0.15, 0.2) is 24.5 Å². The molecule has 0 aliphatic carbocycles. The van der Waals surface area contributed by atoms with E-state index < -0.39 is 0 Å². The molecule has 2 aromatic rings. The maximum absolute atomic E-state index is 10.1. The van der Waals surface area contributed by atoms with Crippen molar-refractivity contribution in [3.05, 3.63) is 41.5 Å². The molecule has 1 N–H and O–H groups in total. The quantitative estimate of drug-likeness (QED) is 0.893. The molecule has 1 aromatic heterocycles. The van der Waals surface area contributed by atoms with Crippen LogP contribution in [0.3, 0.4) is 0 Å². The van der Waals surface area contributed by atoms with Gasteiger partial charge in [0.05, 0.1) is 6.54 Å². The minimum absolute atomic E-state index is 0.172. The molecule has 19 heavy (non-hydrogen) atoms. The van der Waals surface area contributed by atoms with Crippen LogP contribution in [0, 0.1) is 6.92 Å². The van der Waals surface area contributed by atoms with Crippen LogP contribution in [0.4, 0.5) is 0 Å². The van der Waals surface area contributed by atoms with Gasteiger partial charge in [0.25, 0.3) is 0 Å². The standard InChI is InChI=1S/C14H18N4O/c1-10-3-4-12(13(19)7-10)11(2)17-5-6-18-9-15-16-14(18)8-17/h3-4,7,9,11,19H,5-6,8H2,1-2H3. The van der Waals surface area contributed by atoms with Crippen LogP contribution in [-0.4, -0.2) is 31.3 Å². The molecule has 5 nitrogen and oxygen atoms in total. The van der Waals surface area contributed by atoms with Crippen LogP contribution in [-0.2, 0) is 13.1 Å². The maximum Gasteiger partial charge on any atom is 0.147 e. The number of rotatable bonds is 2. The summed E-state index contributed by atoms with van der Waals surface area (Å²) in [4.78, 5) is 2.31. The molecule has 0 fully saturated rings. The van der Waals surface area contributed by atoms with E-state index in [1.807, 2.05) is 25.1 Å². The average Bonchev–Trinajstić information content (AvgIpc) is 2.85. The normalized spacial score (nSPS) is 17.2.